The van der Waals surface area contributed by atoms with Crippen LogP contribution in [0.1, 0.15) is 37.6 Å². The van der Waals surface area contributed by atoms with Crippen molar-refractivity contribution >= 4 is 17.5 Å². The van der Waals surface area contributed by atoms with Gasteiger partial charge >= 0.3 is 0 Å². The third-order valence-corrected chi connectivity index (χ3v) is 4.15. The summed E-state index contributed by atoms with van der Waals surface area (Å²) in [5.74, 6) is 1.06. The molecule has 1 aliphatic rings. The summed E-state index contributed by atoms with van der Waals surface area (Å²) in [4.78, 5) is 18.4. The first-order valence-corrected chi connectivity index (χ1v) is 6.80. The number of likely N-dealkylation sites (tertiary alicyclic amines) is 1. The highest BCUT2D eigenvalue weighted by atomic mass is 35.5. The van der Waals surface area contributed by atoms with Gasteiger partial charge in [0.1, 0.15) is 5.15 Å². The summed E-state index contributed by atoms with van der Waals surface area (Å²) in [6.07, 6.45) is 2.77. The van der Waals surface area contributed by atoms with E-state index in [2.05, 4.69) is 25.8 Å². The molecule has 0 aromatic carbocycles. The second kappa shape index (κ2) is 5.27. The molecular formula is C14H19ClN2O. The summed E-state index contributed by atoms with van der Waals surface area (Å²) in [5.41, 5.74) is 0.507. The van der Waals surface area contributed by atoms with Gasteiger partial charge in [-0.1, -0.05) is 25.4 Å². The maximum Gasteiger partial charge on any atom is 0.257 e. The van der Waals surface area contributed by atoms with Gasteiger partial charge in [-0.3, -0.25) is 4.79 Å². The van der Waals surface area contributed by atoms with E-state index in [1.807, 2.05) is 4.90 Å². The second-order valence-electron chi connectivity index (χ2n) is 5.36. The highest BCUT2D eigenvalue weighted by Crippen LogP contribution is 2.29. The fourth-order valence-corrected chi connectivity index (χ4v) is 2.88. The average Bonchev–Trinajstić information content (AvgIpc) is 2.33. The van der Waals surface area contributed by atoms with Crippen LogP contribution >= 0.6 is 11.6 Å². The Morgan fingerprint density at radius 1 is 1.44 bits per heavy atom. The Morgan fingerprint density at radius 3 is 2.83 bits per heavy atom. The molecule has 3 nitrogen and oxygen atoms in total. The van der Waals surface area contributed by atoms with Gasteiger partial charge in [0, 0.05) is 18.8 Å². The summed E-state index contributed by atoms with van der Waals surface area (Å²) in [7, 11) is 0. The molecule has 1 aromatic rings. The van der Waals surface area contributed by atoms with E-state index in [4.69, 9.17) is 11.6 Å². The van der Waals surface area contributed by atoms with Gasteiger partial charge in [-0.2, -0.15) is 0 Å². The molecule has 18 heavy (non-hydrogen) atoms. The molecule has 1 aromatic heterocycles. The van der Waals surface area contributed by atoms with E-state index in [9.17, 15) is 4.79 Å². The molecule has 1 saturated heterocycles. The van der Waals surface area contributed by atoms with Gasteiger partial charge in [-0.25, -0.2) is 4.98 Å². The predicted octanol–water partition coefficient (Wildman–Crippen LogP) is 3.24. The third kappa shape index (κ3) is 2.51. The van der Waals surface area contributed by atoms with E-state index in [-0.39, 0.29) is 11.9 Å². The highest BCUT2D eigenvalue weighted by Gasteiger charge is 2.33. The smallest absolute Gasteiger partial charge is 0.257 e. The summed E-state index contributed by atoms with van der Waals surface area (Å²) < 4.78 is 0. The molecule has 0 bridgehead atoms. The van der Waals surface area contributed by atoms with Gasteiger partial charge in [-0.15, -0.1) is 0 Å². The van der Waals surface area contributed by atoms with Crippen LogP contribution < -0.4 is 0 Å². The molecule has 1 aliphatic heterocycles. The molecule has 4 heteroatoms. The Morgan fingerprint density at radius 2 is 2.17 bits per heavy atom. The van der Waals surface area contributed by atoms with Crippen molar-refractivity contribution in [2.24, 2.45) is 11.8 Å². The maximum absolute atomic E-state index is 12.5. The number of nitrogens with zero attached hydrogens (tertiary/aromatic N) is 2. The van der Waals surface area contributed by atoms with Crippen molar-refractivity contribution in [1.29, 1.82) is 0 Å². The highest BCUT2D eigenvalue weighted by molar-refractivity contribution is 6.32. The number of amides is 1. The van der Waals surface area contributed by atoms with Crippen molar-refractivity contribution < 1.29 is 4.79 Å². The van der Waals surface area contributed by atoms with Crippen molar-refractivity contribution in [1.82, 2.24) is 9.88 Å². The molecule has 3 atom stereocenters. The maximum atomic E-state index is 12.5. The minimum Gasteiger partial charge on any atom is -0.335 e. The van der Waals surface area contributed by atoms with Gasteiger partial charge in [0.25, 0.3) is 5.91 Å². The van der Waals surface area contributed by atoms with Crippen LogP contribution in [0.2, 0.25) is 5.15 Å². The molecule has 0 saturated carbocycles. The minimum atomic E-state index is -0.000926. The molecule has 0 aliphatic carbocycles. The molecular weight excluding hydrogens is 248 g/mol. The van der Waals surface area contributed by atoms with Crippen molar-refractivity contribution in [2.45, 2.75) is 33.2 Å². The number of halogens is 1. The van der Waals surface area contributed by atoms with Gasteiger partial charge < -0.3 is 4.90 Å². The lowest BCUT2D eigenvalue weighted by molar-refractivity contribution is 0.0455. The first-order valence-electron chi connectivity index (χ1n) is 6.42. The van der Waals surface area contributed by atoms with Gasteiger partial charge in [0.05, 0.1) is 5.56 Å². The monoisotopic (exact) mass is 266 g/mol. The molecule has 0 radical (unpaired) electrons. The van der Waals surface area contributed by atoms with E-state index < -0.39 is 0 Å². The van der Waals surface area contributed by atoms with Crippen molar-refractivity contribution in [3.63, 3.8) is 0 Å². The molecule has 0 spiro atoms. The van der Waals surface area contributed by atoms with Gasteiger partial charge in [0.2, 0.25) is 0 Å². The fraction of sp³-hybridized carbons (Fsp3) is 0.571. The summed E-state index contributed by atoms with van der Waals surface area (Å²) in [6.45, 7) is 7.30. The van der Waals surface area contributed by atoms with E-state index in [0.29, 0.717) is 22.6 Å². The zero-order valence-corrected chi connectivity index (χ0v) is 11.8. The van der Waals surface area contributed by atoms with E-state index in [0.717, 1.165) is 6.54 Å². The normalized spacial score (nSPS) is 28.2. The average molecular weight is 267 g/mol. The SMILES string of the molecule is CC1CC(C)C(C)N(C(=O)c2cccnc2Cl)C1. The fourth-order valence-electron chi connectivity index (χ4n) is 2.68. The Hall–Kier alpha value is -1.09. The predicted molar refractivity (Wildman–Crippen MR) is 72.7 cm³/mol. The Bertz CT molecular complexity index is 449. The Kier molecular flexibility index (Phi) is 3.91. The van der Waals surface area contributed by atoms with Gasteiger partial charge in [0.15, 0.2) is 0 Å². The number of piperidine rings is 1. The van der Waals surface area contributed by atoms with Crippen LogP contribution in [0.5, 0.6) is 0 Å². The molecule has 2 rings (SSSR count). The summed E-state index contributed by atoms with van der Waals surface area (Å²) in [5, 5.41) is 0.292. The van der Waals surface area contributed by atoms with E-state index in [1.54, 1.807) is 18.3 Å². The van der Waals surface area contributed by atoms with Crippen LogP contribution in [0.3, 0.4) is 0 Å². The quantitative estimate of drug-likeness (QED) is 0.731. The number of pyridine rings is 1. The number of carbonyl (C=O) groups is 1. The topological polar surface area (TPSA) is 33.2 Å². The minimum absolute atomic E-state index is 0.000926. The van der Waals surface area contributed by atoms with Crippen LogP contribution in [-0.2, 0) is 0 Å². The van der Waals surface area contributed by atoms with Crippen molar-refractivity contribution in [2.75, 3.05) is 6.54 Å². The molecule has 2 heterocycles. The molecule has 98 valence electrons. The largest absolute Gasteiger partial charge is 0.335 e. The summed E-state index contributed by atoms with van der Waals surface area (Å²) >= 11 is 6.00. The lowest BCUT2D eigenvalue weighted by Crippen LogP contribution is -2.48. The molecule has 1 fully saturated rings. The van der Waals surface area contributed by atoms with Gasteiger partial charge in [-0.05, 0) is 37.3 Å². The standard InChI is InChI=1S/C14H19ClN2O/c1-9-7-10(2)11(3)17(8-9)14(18)12-5-4-6-16-13(12)15/h4-6,9-11H,7-8H2,1-3H3. The zero-order chi connectivity index (χ0) is 13.3. The third-order valence-electron chi connectivity index (χ3n) is 3.85. The second-order valence-corrected chi connectivity index (χ2v) is 5.72. The number of rotatable bonds is 1. The number of carbonyl (C=O) groups excluding carboxylic acids is 1. The van der Waals surface area contributed by atoms with Crippen molar-refractivity contribution in [3.8, 4) is 0 Å². The van der Waals surface area contributed by atoms with Crippen LogP contribution in [0.15, 0.2) is 18.3 Å². The first kappa shape index (κ1) is 13.3. The Balaban J connectivity index is 2.25. The van der Waals surface area contributed by atoms with Crippen LogP contribution in [-0.4, -0.2) is 28.4 Å². The first-order chi connectivity index (χ1) is 8.50. The van der Waals surface area contributed by atoms with Crippen LogP contribution in [0.25, 0.3) is 0 Å². The Labute approximate surface area is 113 Å². The van der Waals surface area contributed by atoms with Crippen LogP contribution in [0.4, 0.5) is 0 Å². The van der Waals surface area contributed by atoms with Crippen molar-refractivity contribution in [3.05, 3.63) is 29.0 Å². The van der Waals surface area contributed by atoms with Crippen LogP contribution in [0, 0.1) is 11.8 Å². The lowest BCUT2D eigenvalue weighted by atomic mass is 9.85. The zero-order valence-electron chi connectivity index (χ0n) is 11.1. The lowest BCUT2D eigenvalue weighted by Gasteiger charge is -2.41. The molecule has 1 amide bonds. The summed E-state index contributed by atoms with van der Waals surface area (Å²) in [6, 6.07) is 3.75. The number of hydrogen-bond donors (Lipinski definition) is 0. The molecule has 0 N–H and O–H groups in total. The van der Waals surface area contributed by atoms with E-state index >= 15 is 0 Å². The molecule has 3 unspecified atom stereocenters. The van der Waals surface area contributed by atoms with E-state index in [1.165, 1.54) is 6.42 Å². The number of aromatic nitrogens is 1. The number of hydrogen-bond acceptors (Lipinski definition) is 2.